The summed E-state index contributed by atoms with van der Waals surface area (Å²) in [5.41, 5.74) is 7.43. The monoisotopic (exact) mass is 438 g/mol. The topological polar surface area (TPSA) is 80.5 Å². The number of thiazole rings is 1. The lowest BCUT2D eigenvalue weighted by Crippen LogP contribution is -2.37. The molecule has 1 amide bonds. The highest BCUT2D eigenvalue weighted by molar-refractivity contribution is 7.09. The average Bonchev–Trinajstić information content (AvgIpc) is 3.05. The van der Waals surface area contributed by atoms with Gasteiger partial charge in [0.25, 0.3) is 5.91 Å². The number of nitrogens with two attached hydrogens (primary N) is 1. The molecule has 3 N–H and O–H groups in total. The van der Waals surface area contributed by atoms with E-state index < -0.39 is 0 Å². The van der Waals surface area contributed by atoms with Crippen molar-refractivity contribution in [3.05, 3.63) is 39.3 Å². The number of hydrogen-bond donors (Lipinski definition) is 2. The quantitative estimate of drug-likeness (QED) is 0.747. The number of nitrogens with zero attached hydrogens (tertiary/aromatic N) is 2. The Kier molecular flexibility index (Phi) is 9.63. The van der Waals surface area contributed by atoms with Crippen molar-refractivity contribution in [2.75, 3.05) is 43.1 Å². The minimum absolute atomic E-state index is 0. The SMILES string of the molecule is Cl.Cl.NCCc1nc(C(=O)Nc2cccc(Cl)c2N2CCOCC2)cs1. The summed E-state index contributed by atoms with van der Waals surface area (Å²) in [5.74, 6) is -0.244. The number of carbonyl (C=O) groups excluding carboxylic acids is 1. The molecule has 1 saturated heterocycles. The zero-order valence-electron chi connectivity index (χ0n) is 13.9. The fourth-order valence-electron chi connectivity index (χ4n) is 2.56. The molecule has 0 unspecified atom stereocenters. The third-order valence-corrected chi connectivity index (χ3v) is 4.92. The second-order valence-corrected chi connectivity index (χ2v) is 6.70. The summed E-state index contributed by atoms with van der Waals surface area (Å²) in [4.78, 5) is 18.9. The second kappa shape index (κ2) is 10.9. The Balaban J connectivity index is 0.00000169. The summed E-state index contributed by atoms with van der Waals surface area (Å²) >= 11 is 7.82. The molecule has 1 aromatic heterocycles. The van der Waals surface area contributed by atoms with Crippen LogP contribution in [0.4, 0.5) is 11.4 Å². The summed E-state index contributed by atoms with van der Waals surface area (Å²) < 4.78 is 5.39. The van der Waals surface area contributed by atoms with Gasteiger partial charge in [0.15, 0.2) is 0 Å². The molecule has 0 spiro atoms. The molecule has 1 fully saturated rings. The molecule has 2 heterocycles. The molecule has 0 saturated carbocycles. The van der Waals surface area contributed by atoms with Gasteiger partial charge in [0, 0.05) is 24.9 Å². The van der Waals surface area contributed by atoms with E-state index >= 15 is 0 Å². The molecular formula is C16H21Cl3N4O2S. The molecule has 144 valence electrons. The Hall–Kier alpha value is -1.09. The van der Waals surface area contributed by atoms with Crippen LogP contribution in [0.5, 0.6) is 0 Å². The van der Waals surface area contributed by atoms with Gasteiger partial charge in [-0.15, -0.1) is 36.2 Å². The van der Waals surface area contributed by atoms with Gasteiger partial charge in [-0.25, -0.2) is 4.98 Å². The molecule has 0 aliphatic carbocycles. The lowest BCUT2D eigenvalue weighted by atomic mass is 10.2. The first-order valence-corrected chi connectivity index (χ1v) is 9.02. The van der Waals surface area contributed by atoms with Gasteiger partial charge in [-0.1, -0.05) is 17.7 Å². The van der Waals surface area contributed by atoms with E-state index in [-0.39, 0.29) is 30.7 Å². The Morgan fingerprint density at radius 3 is 2.77 bits per heavy atom. The van der Waals surface area contributed by atoms with E-state index in [9.17, 15) is 4.79 Å². The van der Waals surface area contributed by atoms with Crippen LogP contribution in [0.2, 0.25) is 5.02 Å². The smallest absolute Gasteiger partial charge is 0.275 e. The minimum atomic E-state index is -0.244. The van der Waals surface area contributed by atoms with E-state index in [0.29, 0.717) is 42.6 Å². The number of benzene rings is 1. The van der Waals surface area contributed by atoms with Crippen molar-refractivity contribution in [2.24, 2.45) is 5.73 Å². The first-order chi connectivity index (χ1) is 11.7. The van der Waals surface area contributed by atoms with Gasteiger partial charge in [-0.3, -0.25) is 4.79 Å². The number of rotatable bonds is 5. The van der Waals surface area contributed by atoms with Crippen molar-refractivity contribution in [2.45, 2.75) is 6.42 Å². The van der Waals surface area contributed by atoms with Crippen LogP contribution in [0.15, 0.2) is 23.6 Å². The Morgan fingerprint density at radius 2 is 2.08 bits per heavy atom. The summed E-state index contributed by atoms with van der Waals surface area (Å²) in [7, 11) is 0. The van der Waals surface area contributed by atoms with Crippen molar-refractivity contribution >= 4 is 65.0 Å². The third-order valence-electron chi connectivity index (χ3n) is 3.70. The summed E-state index contributed by atoms with van der Waals surface area (Å²) in [6.45, 7) is 3.29. The maximum absolute atomic E-state index is 12.5. The van der Waals surface area contributed by atoms with Gasteiger partial charge in [0.1, 0.15) is 5.69 Å². The standard InChI is InChI=1S/C16H19ClN4O2S.2ClH/c17-11-2-1-3-12(15(11)21-6-8-23-9-7-21)20-16(22)13-10-24-14(19-13)4-5-18;;/h1-3,10H,4-9,18H2,(H,20,22);2*1H. The number of morpholine rings is 1. The van der Waals surface area contributed by atoms with E-state index in [0.717, 1.165) is 23.8 Å². The molecule has 0 radical (unpaired) electrons. The number of carbonyl (C=O) groups is 1. The van der Waals surface area contributed by atoms with Crippen molar-refractivity contribution in [1.82, 2.24) is 4.98 Å². The predicted octanol–water partition coefficient (Wildman–Crippen LogP) is 3.23. The summed E-state index contributed by atoms with van der Waals surface area (Å²) in [6.07, 6.45) is 0.675. The van der Waals surface area contributed by atoms with Crippen LogP contribution in [-0.4, -0.2) is 43.7 Å². The van der Waals surface area contributed by atoms with E-state index in [1.165, 1.54) is 11.3 Å². The molecule has 2 aromatic rings. The van der Waals surface area contributed by atoms with E-state index in [1.807, 2.05) is 18.2 Å². The predicted molar refractivity (Wildman–Crippen MR) is 112 cm³/mol. The van der Waals surface area contributed by atoms with E-state index in [2.05, 4.69) is 15.2 Å². The fraction of sp³-hybridized carbons (Fsp3) is 0.375. The first-order valence-electron chi connectivity index (χ1n) is 7.76. The van der Waals surface area contributed by atoms with Crippen molar-refractivity contribution in [1.29, 1.82) is 0 Å². The number of para-hydroxylation sites is 1. The lowest BCUT2D eigenvalue weighted by molar-refractivity contribution is 0.102. The van der Waals surface area contributed by atoms with Crippen molar-refractivity contribution in [3.8, 4) is 0 Å². The molecule has 1 aromatic carbocycles. The van der Waals surface area contributed by atoms with Crippen LogP contribution in [0.1, 0.15) is 15.5 Å². The molecule has 3 rings (SSSR count). The van der Waals surface area contributed by atoms with Gasteiger partial charge in [-0.05, 0) is 18.7 Å². The normalized spacial score (nSPS) is 13.5. The Morgan fingerprint density at radius 1 is 1.35 bits per heavy atom. The largest absolute Gasteiger partial charge is 0.378 e. The number of amides is 1. The molecule has 26 heavy (non-hydrogen) atoms. The van der Waals surface area contributed by atoms with Crippen LogP contribution in [-0.2, 0) is 11.2 Å². The Bertz CT molecular complexity index is 723. The van der Waals surface area contributed by atoms with E-state index in [1.54, 1.807) is 5.38 Å². The lowest BCUT2D eigenvalue weighted by Gasteiger charge is -2.31. The van der Waals surface area contributed by atoms with Crippen LogP contribution in [0.3, 0.4) is 0 Å². The third kappa shape index (κ3) is 5.45. The van der Waals surface area contributed by atoms with Gasteiger partial charge < -0.3 is 20.7 Å². The summed E-state index contributed by atoms with van der Waals surface area (Å²) in [5, 5.41) is 6.15. The minimum Gasteiger partial charge on any atom is -0.378 e. The number of anilines is 2. The van der Waals surface area contributed by atoms with Gasteiger partial charge in [0.2, 0.25) is 0 Å². The molecular weight excluding hydrogens is 419 g/mol. The maximum Gasteiger partial charge on any atom is 0.275 e. The highest BCUT2D eigenvalue weighted by atomic mass is 35.5. The van der Waals surface area contributed by atoms with E-state index in [4.69, 9.17) is 22.1 Å². The first kappa shape index (κ1) is 23.0. The van der Waals surface area contributed by atoms with Crippen LogP contribution in [0.25, 0.3) is 0 Å². The fourth-order valence-corrected chi connectivity index (χ4v) is 3.65. The van der Waals surface area contributed by atoms with Gasteiger partial charge in [-0.2, -0.15) is 0 Å². The molecule has 6 nitrogen and oxygen atoms in total. The number of halogens is 3. The molecule has 1 aliphatic rings. The number of aromatic nitrogens is 1. The maximum atomic E-state index is 12.5. The molecule has 0 atom stereocenters. The molecule has 10 heteroatoms. The molecule has 0 bridgehead atoms. The van der Waals surface area contributed by atoms with Gasteiger partial charge in [0.05, 0.1) is 34.6 Å². The number of hydrogen-bond acceptors (Lipinski definition) is 6. The van der Waals surface area contributed by atoms with Crippen LogP contribution in [0, 0.1) is 0 Å². The number of ether oxygens (including phenoxy) is 1. The van der Waals surface area contributed by atoms with Crippen LogP contribution >= 0.6 is 47.8 Å². The molecule has 1 aliphatic heterocycles. The average molecular weight is 440 g/mol. The second-order valence-electron chi connectivity index (χ2n) is 5.35. The highest BCUT2D eigenvalue weighted by Crippen LogP contribution is 2.34. The van der Waals surface area contributed by atoms with Crippen LogP contribution < -0.4 is 16.0 Å². The zero-order chi connectivity index (χ0) is 16.9. The van der Waals surface area contributed by atoms with Crippen molar-refractivity contribution in [3.63, 3.8) is 0 Å². The summed E-state index contributed by atoms with van der Waals surface area (Å²) in [6, 6.07) is 5.49. The zero-order valence-corrected chi connectivity index (χ0v) is 17.1. The Labute approximate surface area is 173 Å². The van der Waals surface area contributed by atoms with Crippen molar-refractivity contribution < 1.29 is 9.53 Å². The highest BCUT2D eigenvalue weighted by Gasteiger charge is 2.20. The number of nitrogens with one attached hydrogen (secondary N) is 1. The van der Waals surface area contributed by atoms with Gasteiger partial charge >= 0.3 is 0 Å².